The molecule has 0 radical (unpaired) electrons. The highest BCUT2D eigenvalue weighted by Crippen LogP contribution is 2.28. The van der Waals surface area contributed by atoms with Crippen molar-refractivity contribution in [2.24, 2.45) is 5.10 Å². The number of ether oxygens (including phenoxy) is 3. The van der Waals surface area contributed by atoms with Crippen molar-refractivity contribution in [2.45, 2.75) is 0 Å². The van der Waals surface area contributed by atoms with Gasteiger partial charge in [0.15, 0.2) is 11.5 Å². The zero-order chi connectivity index (χ0) is 30.8. The number of rotatable bonds is 9. The third-order valence-electron chi connectivity index (χ3n) is 5.82. The van der Waals surface area contributed by atoms with Crippen LogP contribution in [0.25, 0.3) is 0 Å². The number of nitrogens with zero attached hydrogens (tertiary/aromatic N) is 1. The number of esters is 1. The van der Waals surface area contributed by atoms with Gasteiger partial charge < -0.3 is 24.8 Å². The maximum Gasteiger partial charge on any atom is 0.343 e. The van der Waals surface area contributed by atoms with E-state index >= 15 is 0 Å². The molecule has 0 atom stereocenters. The second kappa shape index (κ2) is 14.3. The van der Waals surface area contributed by atoms with Gasteiger partial charge in [-0.25, -0.2) is 10.2 Å². The van der Waals surface area contributed by atoms with Gasteiger partial charge in [0.05, 0.1) is 37.2 Å². The van der Waals surface area contributed by atoms with Crippen LogP contribution in [0.1, 0.15) is 26.3 Å². The van der Waals surface area contributed by atoms with Crippen molar-refractivity contribution in [2.75, 3.05) is 24.9 Å². The van der Waals surface area contributed by atoms with Gasteiger partial charge in [0, 0.05) is 10.7 Å². The van der Waals surface area contributed by atoms with Gasteiger partial charge in [-0.1, -0.05) is 23.7 Å². The minimum absolute atomic E-state index is 0.127. The Hall–Kier alpha value is -5.68. The zero-order valence-electron chi connectivity index (χ0n) is 22.9. The number of hydrazone groups is 1. The summed E-state index contributed by atoms with van der Waals surface area (Å²) >= 11 is 5.88. The van der Waals surface area contributed by atoms with Crippen LogP contribution in [-0.4, -0.2) is 44.1 Å². The Bertz CT molecular complexity index is 1670. The lowest BCUT2D eigenvalue weighted by Gasteiger charge is -2.11. The predicted molar refractivity (Wildman–Crippen MR) is 161 cm³/mol. The lowest BCUT2D eigenvalue weighted by atomic mass is 10.1. The van der Waals surface area contributed by atoms with Crippen LogP contribution in [0.2, 0.25) is 5.02 Å². The van der Waals surface area contributed by atoms with Crippen molar-refractivity contribution in [3.63, 3.8) is 0 Å². The lowest BCUT2D eigenvalue weighted by Crippen LogP contribution is -2.33. The molecule has 0 aliphatic rings. The lowest BCUT2D eigenvalue weighted by molar-refractivity contribution is -0.136. The molecule has 11 nitrogen and oxygen atoms in total. The summed E-state index contributed by atoms with van der Waals surface area (Å²) in [5, 5.41) is 9.44. The fourth-order valence-electron chi connectivity index (χ4n) is 3.65. The number of hydrogen-bond acceptors (Lipinski definition) is 8. The van der Waals surface area contributed by atoms with E-state index in [-0.39, 0.29) is 22.7 Å². The molecular weight excluding hydrogens is 576 g/mol. The van der Waals surface area contributed by atoms with Crippen LogP contribution in [0.15, 0.2) is 96.1 Å². The summed E-state index contributed by atoms with van der Waals surface area (Å²) in [6, 6.07) is 23.8. The molecule has 0 unspecified atom stereocenters. The van der Waals surface area contributed by atoms with E-state index in [1.54, 1.807) is 66.7 Å². The van der Waals surface area contributed by atoms with Crippen LogP contribution in [-0.2, 0) is 9.59 Å². The second-order valence-corrected chi connectivity index (χ2v) is 9.12. The fraction of sp³-hybridized carbons (Fsp3) is 0.0645. The molecule has 0 heterocycles. The Morgan fingerprint density at radius 1 is 0.767 bits per heavy atom. The van der Waals surface area contributed by atoms with Crippen molar-refractivity contribution in [3.05, 3.63) is 113 Å². The summed E-state index contributed by atoms with van der Waals surface area (Å²) in [6.07, 6.45) is 1.27. The first-order valence-corrected chi connectivity index (χ1v) is 13.0. The number of nitrogens with one attached hydrogen (secondary N) is 3. The van der Waals surface area contributed by atoms with Gasteiger partial charge in [-0.15, -0.1) is 0 Å². The molecule has 0 spiro atoms. The summed E-state index contributed by atoms with van der Waals surface area (Å²) in [5.41, 5.74) is 3.70. The number of halogens is 1. The van der Waals surface area contributed by atoms with E-state index in [1.807, 2.05) is 0 Å². The van der Waals surface area contributed by atoms with E-state index in [4.69, 9.17) is 25.8 Å². The molecule has 4 aromatic carbocycles. The number of methoxy groups -OCH3 is 2. The van der Waals surface area contributed by atoms with E-state index in [0.29, 0.717) is 27.6 Å². The smallest absolute Gasteiger partial charge is 0.343 e. The van der Waals surface area contributed by atoms with E-state index in [1.165, 1.54) is 44.7 Å². The minimum Gasteiger partial charge on any atom is -0.497 e. The molecule has 0 aromatic heterocycles. The molecular formula is C31H25ClN4O7. The Kier molecular flexibility index (Phi) is 10.1. The van der Waals surface area contributed by atoms with Crippen LogP contribution >= 0.6 is 11.6 Å². The maximum absolute atomic E-state index is 12.8. The Morgan fingerprint density at radius 3 is 2.19 bits per heavy atom. The Labute approximate surface area is 251 Å². The van der Waals surface area contributed by atoms with Crippen LogP contribution < -0.4 is 30.3 Å². The summed E-state index contributed by atoms with van der Waals surface area (Å²) < 4.78 is 15.8. The van der Waals surface area contributed by atoms with Crippen molar-refractivity contribution in [1.29, 1.82) is 0 Å². The maximum atomic E-state index is 12.8. The van der Waals surface area contributed by atoms with E-state index in [0.717, 1.165) is 0 Å². The summed E-state index contributed by atoms with van der Waals surface area (Å²) in [4.78, 5) is 50.2. The topological polar surface area (TPSA) is 144 Å². The molecule has 0 fully saturated rings. The van der Waals surface area contributed by atoms with Gasteiger partial charge in [-0.2, -0.15) is 5.10 Å². The molecule has 43 heavy (non-hydrogen) atoms. The predicted octanol–water partition coefficient (Wildman–Crippen LogP) is 4.92. The van der Waals surface area contributed by atoms with Crippen molar-refractivity contribution < 1.29 is 33.4 Å². The number of benzene rings is 4. The molecule has 3 amide bonds. The minimum atomic E-state index is -1.07. The number of carbonyl (C=O) groups is 4. The molecule has 12 heteroatoms. The quantitative estimate of drug-likeness (QED) is 0.0813. The van der Waals surface area contributed by atoms with Gasteiger partial charge in [-0.3, -0.25) is 14.4 Å². The normalized spacial score (nSPS) is 10.5. The number of hydrogen-bond donors (Lipinski definition) is 3. The molecule has 0 aliphatic carbocycles. The SMILES string of the molecule is COc1ccc(C(=O)Oc2ccc(/C=N/NC(=O)C(=O)Nc3ccccc3C(=O)Nc3ccc(Cl)cc3)cc2OC)cc1. The first-order valence-electron chi connectivity index (χ1n) is 12.6. The Morgan fingerprint density at radius 2 is 1.49 bits per heavy atom. The molecule has 4 aromatic rings. The van der Waals surface area contributed by atoms with Gasteiger partial charge in [0.2, 0.25) is 0 Å². The highest BCUT2D eigenvalue weighted by atomic mass is 35.5. The van der Waals surface area contributed by atoms with Crippen molar-refractivity contribution in [1.82, 2.24) is 5.43 Å². The molecule has 0 saturated heterocycles. The molecule has 4 rings (SSSR count). The summed E-state index contributed by atoms with van der Waals surface area (Å²) in [5.74, 6) is -2.19. The molecule has 218 valence electrons. The number of anilines is 2. The third kappa shape index (κ3) is 8.18. The van der Waals surface area contributed by atoms with Crippen LogP contribution in [0, 0.1) is 0 Å². The summed E-state index contributed by atoms with van der Waals surface area (Å²) in [6.45, 7) is 0. The molecule has 3 N–H and O–H groups in total. The average Bonchev–Trinajstić information content (AvgIpc) is 3.02. The first-order chi connectivity index (χ1) is 20.8. The van der Waals surface area contributed by atoms with Crippen molar-refractivity contribution >= 4 is 52.9 Å². The average molecular weight is 601 g/mol. The van der Waals surface area contributed by atoms with Gasteiger partial charge in [-0.05, 0) is 84.4 Å². The largest absolute Gasteiger partial charge is 0.497 e. The third-order valence-corrected chi connectivity index (χ3v) is 6.08. The van der Waals surface area contributed by atoms with Crippen LogP contribution in [0.3, 0.4) is 0 Å². The van der Waals surface area contributed by atoms with Gasteiger partial charge in [0.25, 0.3) is 5.91 Å². The zero-order valence-corrected chi connectivity index (χ0v) is 23.7. The highest BCUT2D eigenvalue weighted by molar-refractivity contribution is 6.40. The van der Waals surface area contributed by atoms with Gasteiger partial charge >= 0.3 is 17.8 Å². The van der Waals surface area contributed by atoms with E-state index in [2.05, 4.69) is 21.2 Å². The number of amides is 3. The van der Waals surface area contributed by atoms with Crippen molar-refractivity contribution in [3.8, 4) is 17.2 Å². The molecule has 0 bridgehead atoms. The highest BCUT2D eigenvalue weighted by Gasteiger charge is 2.18. The second-order valence-electron chi connectivity index (χ2n) is 8.69. The van der Waals surface area contributed by atoms with Gasteiger partial charge in [0.1, 0.15) is 5.75 Å². The van der Waals surface area contributed by atoms with Crippen LogP contribution in [0.4, 0.5) is 11.4 Å². The standard InChI is InChI=1S/C31H25ClN4O7/c1-41-23-14-8-20(9-15-23)31(40)43-26-16-7-19(17-27(26)42-2)18-33-36-30(39)29(38)35-25-6-4-3-5-24(25)28(37)34-22-12-10-21(32)11-13-22/h3-18H,1-2H3,(H,34,37)(H,35,38)(H,36,39)/b33-18+. The number of carbonyl (C=O) groups excluding carboxylic acids is 4. The fourth-order valence-corrected chi connectivity index (χ4v) is 3.78. The first kappa shape index (κ1) is 30.3. The molecule has 0 aliphatic heterocycles. The number of para-hydroxylation sites is 1. The molecule has 0 saturated carbocycles. The van der Waals surface area contributed by atoms with Crippen LogP contribution in [0.5, 0.6) is 17.2 Å². The Balaban J connectivity index is 1.35. The van der Waals surface area contributed by atoms with E-state index in [9.17, 15) is 19.2 Å². The monoisotopic (exact) mass is 600 g/mol. The summed E-state index contributed by atoms with van der Waals surface area (Å²) in [7, 11) is 2.93. The van der Waals surface area contributed by atoms with E-state index < -0.39 is 23.7 Å².